The number of rotatable bonds is 8. The van der Waals surface area contributed by atoms with Crippen LogP contribution < -0.4 is 10.6 Å². The molecule has 2 atom stereocenters. The zero-order chi connectivity index (χ0) is 20.6. The highest BCUT2D eigenvalue weighted by atomic mass is 16.5. The Hall–Kier alpha value is -2.41. The van der Waals surface area contributed by atoms with Crippen LogP contribution in [0, 0.1) is 11.3 Å². The minimum atomic E-state index is -0.723. The van der Waals surface area contributed by atoms with Crippen molar-refractivity contribution in [1.29, 1.82) is 0 Å². The minimum Gasteiger partial charge on any atom is -0.357 e. The maximum atomic E-state index is 12.9. The van der Waals surface area contributed by atoms with Crippen LogP contribution in [0.5, 0.6) is 0 Å². The quantitative estimate of drug-likeness (QED) is 0.475. The largest absolute Gasteiger partial charge is 0.357 e. The molecule has 0 aliphatic heterocycles. The van der Waals surface area contributed by atoms with E-state index in [0.29, 0.717) is 17.9 Å². The van der Waals surface area contributed by atoms with Gasteiger partial charge < -0.3 is 10.6 Å². The summed E-state index contributed by atoms with van der Waals surface area (Å²) >= 11 is 0. The Labute approximate surface area is 161 Å². The molecule has 7 heteroatoms. The summed E-state index contributed by atoms with van der Waals surface area (Å²) in [6.45, 7) is 6.69. The highest BCUT2D eigenvalue weighted by Gasteiger charge is 2.34. The van der Waals surface area contributed by atoms with Crippen LogP contribution in [0.2, 0.25) is 0 Å². The number of nitrogens with zero attached hydrogens (tertiary/aromatic N) is 1. The van der Waals surface area contributed by atoms with E-state index in [1.165, 1.54) is 14.0 Å². The Balaban J connectivity index is 2.93. The predicted octanol–water partition coefficient (Wildman–Crippen LogP) is 1.75. The molecule has 0 heterocycles. The van der Waals surface area contributed by atoms with E-state index in [4.69, 9.17) is 0 Å². The number of aryl methyl sites for hydroxylation is 1. The highest BCUT2D eigenvalue weighted by Crippen LogP contribution is 2.21. The molecular formula is C20H31N3O4. The third-order valence-electron chi connectivity index (χ3n) is 4.41. The summed E-state index contributed by atoms with van der Waals surface area (Å²) in [5, 5.41) is 15.7. The Morgan fingerprint density at radius 2 is 1.70 bits per heavy atom. The van der Waals surface area contributed by atoms with E-state index in [-0.39, 0.29) is 18.4 Å². The fourth-order valence-electron chi connectivity index (χ4n) is 2.71. The molecule has 0 aliphatic rings. The molecule has 1 unspecified atom stereocenters. The van der Waals surface area contributed by atoms with Gasteiger partial charge in [-0.3, -0.25) is 19.6 Å². The topological polar surface area (TPSA) is 98.7 Å². The van der Waals surface area contributed by atoms with Crippen LogP contribution in [0.3, 0.4) is 0 Å². The SMILES string of the molecule is CNC(=O)[C@@H](NC(=O)C(CCc1ccccc1)CN(O)C(C)=O)C(C)(C)C. The van der Waals surface area contributed by atoms with Crippen LogP contribution in [0.4, 0.5) is 0 Å². The van der Waals surface area contributed by atoms with Crippen molar-refractivity contribution in [2.75, 3.05) is 13.6 Å². The van der Waals surface area contributed by atoms with Crippen molar-refractivity contribution in [1.82, 2.24) is 15.7 Å². The van der Waals surface area contributed by atoms with Gasteiger partial charge in [0.05, 0.1) is 12.5 Å². The molecule has 0 radical (unpaired) electrons. The Bertz CT molecular complexity index is 640. The van der Waals surface area contributed by atoms with Crippen LogP contribution in [0.15, 0.2) is 30.3 Å². The van der Waals surface area contributed by atoms with E-state index in [1.54, 1.807) is 0 Å². The first-order valence-electron chi connectivity index (χ1n) is 9.09. The smallest absolute Gasteiger partial charge is 0.242 e. The van der Waals surface area contributed by atoms with Crippen molar-refractivity contribution in [3.63, 3.8) is 0 Å². The Morgan fingerprint density at radius 1 is 1.11 bits per heavy atom. The zero-order valence-corrected chi connectivity index (χ0v) is 16.8. The van der Waals surface area contributed by atoms with Crippen molar-refractivity contribution in [3.8, 4) is 0 Å². The van der Waals surface area contributed by atoms with E-state index in [0.717, 1.165) is 5.56 Å². The van der Waals surface area contributed by atoms with Gasteiger partial charge >= 0.3 is 0 Å². The van der Waals surface area contributed by atoms with Gasteiger partial charge in [-0.2, -0.15) is 0 Å². The third kappa shape index (κ3) is 7.38. The van der Waals surface area contributed by atoms with Gasteiger partial charge in [0, 0.05) is 14.0 Å². The van der Waals surface area contributed by atoms with Gasteiger partial charge in [-0.15, -0.1) is 0 Å². The van der Waals surface area contributed by atoms with Gasteiger partial charge in [-0.1, -0.05) is 51.1 Å². The minimum absolute atomic E-state index is 0.126. The molecule has 1 rings (SSSR count). The maximum absolute atomic E-state index is 12.9. The molecule has 0 spiro atoms. The summed E-state index contributed by atoms with van der Waals surface area (Å²) in [6.07, 6.45) is 1.05. The first-order valence-corrected chi connectivity index (χ1v) is 9.09. The molecule has 0 aromatic heterocycles. The number of carbonyl (C=O) groups excluding carboxylic acids is 3. The molecular weight excluding hydrogens is 346 g/mol. The standard InChI is InChI=1S/C20H31N3O4/c1-14(24)23(27)13-16(12-11-15-9-7-6-8-10-15)18(25)22-17(19(26)21-5)20(2,3)4/h6-10,16-17,27H,11-13H2,1-5H3,(H,21,26)(H,22,25)/t16?,17-/m1/s1. The van der Waals surface area contributed by atoms with Crippen LogP contribution in [0.25, 0.3) is 0 Å². The summed E-state index contributed by atoms with van der Waals surface area (Å²) in [7, 11) is 1.52. The van der Waals surface area contributed by atoms with Crippen molar-refractivity contribution < 1.29 is 19.6 Å². The lowest BCUT2D eigenvalue weighted by molar-refractivity contribution is -0.166. The lowest BCUT2D eigenvalue weighted by Gasteiger charge is -2.31. The monoisotopic (exact) mass is 377 g/mol. The van der Waals surface area contributed by atoms with Crippen molar-refractivity contribution >= 4 is 17.7 Å². The van der Waals surface area contributed by atoms with E-state index in [2.05, 4.69) is 10.6 Å². The van der Waals surface area contributed by atoms with E-state index >= 15 is 0 Å². The second-order valence-electron chi connectivity index (χ2n) is 7.74. The van der Waals surface area contributed by atoms with Gasteiger partial charge in [0.25, 0.3) is 0 Å². The first kappa shape index (κ1) is 22.6. The number of benzene rings is 1. The first-order chi connectivity index (χ1) is 12.6. The molecule has 0 bridgehead atoms. The Kier molecular flexibility index (Phi) is 8.43. The second kappa shape index (κ2) is 10.1. The highest BCUT2D eigenvalue weighted by molar-refractivity contribution is 5.89. The number of nitrogens with one attached hydrogen (secondary N) is 2. The molecule has 0 fully saturated rings. The van der Waals surface area contributed by atoms with E-state index in [9.17, 15) is 19.6 Å². The molecule has 0 saturated heterocycles. The van der Waals surface area contributed by atoms with Crippen LogP contribution in [-0.2, 0) is 20.8 Å². The molecule has 0 saturated carbocycles. The maximum Gasteiger partial charge on any atom is 0.242 e. The van der Waals surface area contributed by atoms with Gasteiger partial charge in [-0.05, 0) is 23.8 Å². The molecule has 3 amide bonds. The average molecular weight is 377 g/mol. The second-order valence-corrected chi connectivity index (χ2v) is 7.74. The third-order valence-corrected chi connectivity index (χ3v) is 4.41. The lowest BCUT2D eigenvalue weighted by Crippen LogP contribution is -2.55. The van der Waals surface area contributed by atoms with E-state index < -0.39 is 23.3 Å². The van der Waals surface area contributed by atoms with Crippen molar-refractivity contribution in [3.05, 3.63) is 35.9 Å². The molecule has 150 valence electrons. The van der Waals surface area contributed by atoms with Crippen LogP contribution in [0.1, 0.15) is 39.7 Å². The fourth-order valence-corrected chi connectivity index (χ4v) is 2.71. The van der Waals surface area contributed by atoms with E-state index in [1.807, 2.05) is 51.1 Å². The molecule has 1 aromatic carbocycles. The zero-order valence-electron chi connectivity index (χ0n) is 16.8. The van der Waals surface area contributed by atoms with Gasteiger partial charge in [0.2, 0.25) is 17.7 Å². The number of hydrogen-bond acceptors (Lipinski definition) is 4. The molecule has 1 aromatic rings. The number of carbonyl (C=O) groups is 3. The van der Waals surface area contributed by atoms with Gasteiger partial charge in [-0.25, -0.2) is 5.06 Å². The van der Waals surface area contributed by atoms with Gasteiger partial charge in [0.15, 0.2) is 0 Å². The molecule has 3 N–H and O–H groups in total. The summed E-state index contributed by atoms with van der Waals surface area (Å²) in [5.41, 5.74) is 0.570. The average Bonchev–Trinajstić information content (AvgIpc) is 2.61. The normalized spacial score (nSPS) is 13.4. The fraction of sp³-hybridized carbons (Fsp3) is 0.550. The van der Waals surface area contributed by atoms with Crippen LogP contribution >= 0.6 is 0 Å². The predicted molar refractivity (Wildman–Crippen MR) is 103 cm³/mol. The number of amides is 3. The van der Waals surface area contributed by atoms with Crippen molar-refractivity contribution in [2.24, 2.45) is 11.3 Å². The molecule has 7 nitrogen and oxygen atoms in total. The number of likely N-dealkylation sites (N-methyl/N-ethyl adjacent to an activating group) is 1. The number of hydrogen-bond donors (Lipinski definition) is 3. The summed E-state index contributed by atoms with van der Waals surface area (Å²) < 4.78 is 0. The Morgan fingerprint density at radius 3 is 2.19 bits per heavy atom. The number of hydroxylamine groups is 2. The lowest BCUT2D eigenvalue weighted by atomic mass is 9.85. The van der Waals surface area contributed by atoms with Crippen LogP contribution in [-0.4, -0.2) is 47.6 Å². The summed E-state index contributed by atoms with van der Waals surface area (Å²) in [4.78, 5) is 36.4. The molecule has 27 heavy (non-hydrogen) atoms. The van der Waals surface area contributed by atoms with Crippen molar-refractivity contribution in [2.45, 2.75) is 46.6 Å². The van der Waals surface area contributed by atoms with Gasteiger partial charge in [0.1, 0.15) is 6.04 Å². The summed E-state index contributed by atoms with van der Waals surface area (Å²) in [6, 6.07) is 8.94. The summed E-state index contributed by atoms with van der Waals surface area (Å²) in [5.74, 6) is -1.83. The molecule has 0 aliphatic carbocycles.